The van der Waals surface area contributed by atoms with Crippen molar-refractivity contribution >= 4 is 17.3 Å². The number of rotatable bonds is 9. The van der Waals surface area contributed by atoms with Crippen LogP contribution in [0, 0.1) is 0 Å². The summed E-state index contributed by atoms with van der Waals surface area (Å²) in [5, 5.41) is 0. The molecular formula is C29H28O5. The molecule has 5 nitrogen and oxygen atoms in total. The zero-order valence-corrected chi connectivity index (χ0v) is 19.5. The standard InChI is InChI=1S/C29H28O5/c1-3-32-27(29(31)33-4-2)19-20-13-15-21(16-14-20)34-18-17-24-22-9-5-7-11-25(22)28(30)26-12-8-6-10-23(24)26/h5-17,27H,3-4,18-19H2,1-2H3. The molecule has 0 amide bonds. The van der Waals surface area contributed by atoms with Gasteiger partial charge in [-0.25, -0.2) is 4.79 Å². The fourth-order valence-electron chi connectivity index (χ4n) is 4.15. The van der Waals surface area contributed by atoms with E-state index < -0.39 is 6.10 Å². The fraction of sp³-hybridized carbons (Fsp3) is 0.241. The van der Waals surface area contributed by atoms with Gasteiger partial charge >= 0.3 is 5.97 Å². The Kier molecular flexibility index (Phi) is 7.55. The van der Waals surface area contributed by atoms with Crippen LogP contribution >= 0.6 is 0 Å². The number of carbonyl (C=O) groups excluding carboxylic acids is 2. The van der Waals surface area contributed by atoms with Crippen molar-refractivity contribution in [2.45, 2.75) is 26.4 Å². The van der Waals surface area contributed by atoms with E-state index in [0.29, 0.717) is 37.4 Å². The third kappa shape index (κ3) is 5.10. The van der Waals surface area contributed by atoms with Gasteiger partial charge in [0.1, 0.15) is 12.4 Å². The maximum Gasteiger partial charge on any atom is 0.335 e. The molecule has 0 saturated carbocycles. The molecule has 0 aliphatic heterocycles. The molecule has 1 unspecified atom stereocenters. The quantitative estimate of drug-likeness (QED) is 0.322. The van der Waals surface area contributed by atoms with Crippen LogP contribution in [0.4, 0.5) is 0 Å². The molecule has 4 rings (SSSR count). The van der Waals surface area contributed by atoms with Crippen LogP contribution in [0.1, 0.15) is 46.5 Å². The maximum atomic E-state index is 12.9. The molecule has 0 aromatic heterocycles. The van der Waals surface area contributed by atoms with Gasteiger partial charge in [-0.3, -0.25) is 4.79 Å². The van der Waals surface area contributed by atoms with E-state index in [4.69, 9.17) is 14.2 Å². The van der Waals surface area contributed by atoms with E-state index in [1.165, 1.54) is 0 Å². The number of hydrogen-bond donors (Lipinski definition) is 0. The lowest BCUT2D eigenvalue weighted by atomic mass is 9.81. The number of ketones is 1. The lowest BCUT2D eigenvalue weighted by molar-refractivity contribution is -0.156. The average molecular weight is 457 g/mol. The van der Waals surface area contributed by atoms with Crippen molar-refractivity contribution in [2.75, 3.05) is 19.8 Å². The summed E-state index contributed by atoms with van der Waals surface area (Å²) >= 11 is 0. The van der Waals surface area contributed by atoms with Crippen molar-refractivity contribution in [2.24, 2.45) is 0 Å². The van der Waals surface area contributed by atoms with Crippen LogP contribution in [0.25, 0.3) is 5.57 Å². The van der Waals surface area contributed by atoms with Gasteiger partial charge in [-0.1, -0.05) is 60.7 Å². The van der Waals surface area contributed by atoms with E-state index in [1.807, 2.05) is 85.8 Å². The molecule has 0 spiro atoms. The van der Waals surface area contributed by atoms with Crippen molar-refractivity contribution in [3.8, 4) is 5.75 Å². The second kappa shape index (κ2) is 10.9. The number of esters is 1. The van der Waals surface area contributed by atoms with Gasteiger partial charge in [0.05, 0.1) is 6.61 Å². The molecule has 1 atom stereocenters. The Hall–Kier alpha value is -3.70. The summed E-state index contributed by atoms with van der Waals surface area (Å²) in [7, 11) is 0. The summed E-state index contributed by atoms with van der Waals surface area (Å²) < 4.78 is 16.6. The third-order valence-corrected chi connectivity index (χ3v) is 5.72. The molecule has 0 heterocycles. The minimum Gasteiger partial charge on any atom is -0.490 e. The van der Waals surface area contributed by atoms with E-state index in [1.54, 1.807) is 6.92 Å². The van der Waals surface area contributed by atoms with Crippen molar-refractivity contribution in [3.63, 3.8) is 0 Å². The monoisotopic (exact) mass is 456 g/mol. The fourth-order valence-corrected chi connectivity index (χ4v) is 4.15. The van der Waals surface area contributed by atoms with Crippen LogP contribution in [0.5, 0.6) is 5.75 Å². The molecule has 34 heavy (non-hydrogen) atoms. The van der Waals surface area contributed by atoms with Crippen molar-refractivity contribution < 1.29 is 23.8 Å². The zero-order valence-electron chi connectivity index (χ0n) is 19.5. The average Bonchev–Trinajstić information content (AvgIpc) is 2.87. The predicted molar refractivity (Wildman–Crippen MR) is 131 cm³/mol. The van der Waals surface area contributed by atoms with Gasteiger partial charge < -0.3 is 14.2 Å². The Morgan fingerprint density at radius 1 is 0.824 bits per heavy atom. The molecule has 5 heteroatoms. The first-order chi connectivity index (χ1) is 16.6. The van der Waals surface area contributed by atoms with Gasteiger partial charge in [-0.2, -0.15) is 0 Å². The van der Waals surface area contributed by atoms with E-state index in [9.17, 15) is 9.59 Å². The summed E-state index contributed by atoms with van der Waals surface area (Å²) in [5.41, 5.74) is 5.23. The Balaban J connectivity index is 1.47. The lowest BCUT2D eigenvalue weighted by Gasteiger charge is -2.21. The molecule has 174 valence electrons. The summed E-state index contributed by atoms with van der Waals surface area (Å²) in [6, 6.07) is 23.0. The lowest BCUT2D eigenvalue weighted by Crippen LogP contribution is -2.28. The van der Waals surface area contributed by atoms with Gasteiger partial charge in [0.2, 0.25) is 0 Å². The van der Waals surface area contributed by atoms with Crippen LogP contribution in [0.3, 0.4) is 0 Å². The van der Waals surface area contributed by atoms with Crippen LogP contribution in [0.15, 0.2) is 78.9 Å². The normalized spacial score (nSPS) is 13.0. The zero-order chi connectivity index (χ0) is 23.9. The molecule has 0 bridgehead atoms. The SMILES string of the molecule is CCOC(=O)C(Cc1ccc(OCC=C2c3ccccc3C(=O)c3ccccc32)cc1)OCC. The first kappa shape index (κ1) is 23.5. The van der Waals surface area contributed by atoms with Gasteiger partial charge in [0, 0.05) is 24.2 Å². The summed E-state index contributed by atoms with van der Waals surface area (Å²) in [5.74, 6) is 0.425. The van der Waals surface area contributed by atoms with Gasteiger partial charge in [0.15, 0.2) is 11.9 Å². The minimum absolute atomic E-state index is 0.0491. The van der Waals surface area contributed by atoms with Crippen LogP contribution < -0.4 is 4.74 Å². The van der Waals surface area contributed by atoms with Gasteiger partial charge in [-0.05, 0) is 54.3 Å². The Morgan fingerprint density at radius 2 is 1.41 bits per heavy atom. The molecule has 3 aromatic rings. The van der Waals surface area contributed by atoms with E-state index in [2.05, 4.69) is 0 Å². The molecular weight excluding hydrogens is 428 g/mol. The van der Waals surface area contributed by atoms with Crippen molar-refractivity contribution in [1.82, 2.24) is 0 Å². The van der Waals surface area contributed by atoms with Crippen LogP contribution in [-0.2, 0) is 20.7 Å². The Labute approximate surface area is 200 Å². The van der Waals surface area contributed by atoms with Crippen LogP contribution in [-0.4, -0.2) is 37.7 Å². The molecule has 0 saturated heterocycles. The number of benzene rings is 3. The number of hydrogen-bond acceptors (Lipinski definition) is 5. The van der Waals surface area contributed by atoms with Crippen molar-refractivity contribution in [1.29, 1.82) is 0 Å². The highest BCUT2D eigenvalue weighted by atomic mass is 16.6. The minimum atomic E-state index is -0.615. The third-order valence-electron chi connectivity index (χ3n) is 5.72. The number of ether oxygens (including phenoxy) is 3. The number of fused-ring (bicyclic) bond motifs is 2. The Bertz CT molecular complexity index is 1140. The van der Waals surface area contributed by atoms with E-state index in [-0.39, 0.29) is 11.8 Å². The largest absolute Gasteiger partial charge is 0.490 e. The molecule has 0 N–H and O–H groups in total. The first-order valence-electron chi connectivity index (χ1n) is 11.6. The molecule has 3 aromatic carbocycles. The van der Waals surface area contributed by atoms with Gasteiger partial charge in [0.25, 0.3) is 0 Å². The predicted octanol–water partition coefficient (Wildman–Crippen LogP) is 5.25. The van der Waals surface area contributed by atoms with Gasteiger partial charge in [-0.15, -0.1) is 0 Å². The molecule has 0 fully saturated rings. The first-order valence-corrected chi connectivity index (χ1v) is 11.6. The smallest absolute Gasteiger partial charge is 0.335 e. The highest BCUT2D eigenvalue weighted by Crippen LogP contribution is 2.35. The summed E-state index contributed by atoms with van der Waals surface area (Å²) in [6.07, 6.45) is 1.85. The molecule has 1 aliphatic carbocycles. The molecule has 0 radical (unpaired) electrons. The maximum absolute atomic E-state index is 12.9. The summed E-state index contributed by atoms with van der Waals surface area (Å²) in [4.78, 5) is 25.0. The second-order valence-electron chi connectivity index (χ2n) is 7.89. The second-order valence-corrected chi connectivity index (χ2v) is 7.89. The van der Waals surface area contributed by atoms with E-state index >= 15 is 0 Å². The highest BCUT2D eigenvalue weighted by molar-refractivity contribution is 6.18. The molecule has 1 aliphatic rings. The van der Waals surface area contributed by atoms with E-state index in [0.717, 1.165) is 28.0 Å². The highest BCUT2D eigenvalue weighted by Gasteiger charge is 2.26. The topological polar surface area (TPSA) is 61.8 Å². The summed E-state index contributed by atoms with van der Waals surface area (Å²) in [6.45, 7) is 4.77. The van der Waals surface area contributed by atoms with Crippen molar-refractivity contribution in [3.05, 3.63) is 107 Å². The van der Waals surface area contributed by atoms with Crippen LogP contribution in [0.2, 0.25) is 0 Å². The number of carbonyl (C=O) groups is 2. The Morgan fingerprint density at radius 3 is 1.97 bits per heavy atom.